The van der Waals surface area contributed by atoms with Gasteiger partial charge in [-0.3, -0.25) is 14.9 Å². The maximum atomic E-state index is 12.1. The molecule has 1 N–H and O–H groups in total. The molecular weight excluding hydrogens is 294 g/mol. The molecule has 114 valence electrons. The minimum absolute atomic E-state index is 0.0378. The number of hydrogen-bond acceptors (Lipinski definition) is 4. The molecule has 0 aromatic carbocycles. The third kappa shape index (κ3) is 3.91. The van der Waals surface area contributed by atoms with Crippen LogP contribution in [0.1, 0.15) is 43.0 Å². The van der Waals surface area contributed by atoms with Gasteiger partial charge in [-0.1, -0.05) is 31.4 Å². The van der Waals surface area contributed by atoms with Gasteiger partial charge in [-0.2, -0.15) is 0 Å². The van der Waals surface area contributed by atoms with Gasteiger partial charge in [-0.25, -0.2) is 4.98 Å². The Morgan fingerprint density at radius 2 is 2.14 bits per heavy atom. The highest BCUT2D eigenvalue weighted by Gasteiger charge is 2.25. The molecule has 0 unspecified atom stereocenters. The number of nitrogens with one attached hydrogen (secondary N) is 1. The van der Waals surface area contributed by atoms with Crippen LogP contribution in [0.2, 0.25) is 5.15 Å². The number of hydrogen-bond donors (Lipinski definition) is 1. The molecule has 1 heterocycles. The van der Waals surface area contributed by atoms with Crippen LogP contribution in [0, 0.1) is 22.0 Å². The molecule has 0 aliphatic heterocycles. The summed E-state index contributed by atoms with van der Waals surface area (Å²) in [4.78, 5) is 26.1. The van der Waals surface area contributed by atoms with Gasteiger partial charge in [0.15, 0.2) is 0 Å². The van der Waals surface area contributed by atoms with E-state index in [-0.39, 0.29) is 10.7 Å². The van der Waals surface area contributed by atoms with Crippen molar-refractivity contribution in [2.45, 2.75) is 32.6 Å². The molecule has 1 fully saturated rings. The molecule has 1 aromatic heterocycles. The fourth-order valence-electron chi connectivity index (χ4n) is 2.65. The zero-order chi connectivity index (χ0) is 15.4. The summed E-state index contributed by atoms with van der Waals surface area (Å²) >= 11 is 5.70. The summed E-state index contributed by atoms with van der Waals surface area (Å²) in [5.74, 6) is 0.725. The van der Waals surface area contributed by atoms with Gasteiger partial charge in [-0.15, -0.1) is 0 Å². The van der Waals surface area contributed by atoms with Crippen molar-refractivity contribution in [2.24, 2.45) is 11.8 Å². The van der Waals surface area contributed by atoms with Crippen LogP contribution in [0.5, 0.6) is 0 Å². The Balaban J connectivity index is 2.01. The summed E-state index contributed by atoms with van der Waals surface area (Å²) < 4.78 is 0. The molecule has 1 aliphatic rings. The van der Waals surface area contributed by atoms with E-state index in [1.165, 1.54) is 25.1 Å². The number of nitrogens with zero attached hydrogens (tertiary/aromatic N) is 2. The molecule has 1 aliphatic carbocycles. The average molecular weight is 312 g/mol. The van der Waals surface area contributed by atoms with E-state index in [0.717, 1.165) is 18.8 Å². The van der Waals surface area contributed by atoms with Crippen LogP contribution in [0.25, 0.3) is 0 Å². The molecule has 0 bridgehead atoms. The zero-order valence-corrected chi connectivity index (χ0v) is 12.6. The fraction of sp³-hybridized carbons (Fsp3) is 0.571. The average Bonchev–Trinajstić information content (AvgIpc) is 2.45. The van der Waals surface area contributed by atoms with Crippen molar-refractivity contribution in [1.82, 2.24) is 10.3 Å². The Bertz CT molecular complexity index is 542. The molecule has 2 rings (SSSR count). The first kappa shape index (κ1) is 15.7. The Hall–Kier alpha value is -1.69. The molecule has 1 aromatic rings. The van der Waals surface area contributed by atoms with Crippen LogP contribution in [-0.4, -0.2) is 22.4 Å². The van der Waals surface area contributed by atoms with Crippen LogP contribution in [0.15, 0.2) is 12.3 Å². The number of amides is 1. The maximum absolute atomic E-state index is 12.1. The van der Waals surface area contributed by atoms with E-state index >= 15 is 0 Å². The van der Waals surface area contributed by atoms with Gasteiger partial charge in [0.2, 0.25) is 5.15 Å². The lowest BCUT2D eigenvalue weighted by molar-refractivity contribution is -0.385. The quantitative estimate of drug-likeness (QED) is 0.525. The molecule has 21 heavy (non-hydrogen) atoms. The predicted octanol–water partition coefficient (Wildman–Crippen LogP) is 3.20. The second kappa shape index (κ2) is 6.85. The molecule has 1 amide bonds. The topological polar surface area (TPSA) is 85.1 Å². The summed E-state index contributed by atoms with van der Waals surface area (Å²) in [6, 6.07) is 1.32. The lowest BCUT2D eigenvalue weighted by Gasteiger charge is -2.26. The molecule has 6 nitrogen and oxygen atoms in total. The Kier molecular flexibility index (Phi) is 5.12. The van der Waals surface area contributed by atoms with Crippen LogP contribution < -0.4 is 5.32 Å². The number of nitro groups is 1. The second-order valence-corrected chi connectivity index (χ2v) is 5.95. The largest absolute Gasteiger partial charge is 0.352 e. The fourth-order valence-corrected chi connectivity index (χ4v) is 2.88. The van der Waals surface area contributed by atoms with Crippen LogP contribution in [0.4, 0.5) is 5.69 Å². The van der Waals surface area contributed by atoms with E-state index in [2.05, 4.69) is 17.2 Å². The maximum Gasteiger partial charge on any atom is 0.319 e. The number of halogens is 1. The van der Waals surface area contributed by atoms with Crippen LogP contribution in [0.3, 0.4) is 0 Å². The van der Waals surface area contributed by atoms with E-state index in [9.17, 15) is 14.9 Å². The van der Waals surface area contributed by atoms with Crippen molar-refractivity contribution in [3.8, 4) is 0 Å². The normalized spacial score (nSPS) is 21.8. The van der Waals surface area contributed by atoms with E-state index in [1.54, 1.807) is 0 Å². The standard InChI is InChI=1S/C14H18ClN3O3/c1-9-2-4-10(5-3-9)8-17-14(19)11-6-7-16-13(15)12(11)18(20)21/h6-7,9-10H,2-5,8H2,1H3,(H,17,19). The lowest BCUT2D eigenvalue weighted by Crippen LogP contribution is -2.31. The van der Waals surface area contributed by atoms with Crippen molar-refractivity contribution in [1.29, 1.82) is 0 Å². The Morgan fingerprint density at radius 3 is 2.76 bits per heavy atom. The first-order valence-electron chi connectivity index (χ1n) is 7.06. The van der Waals surface area contributed by atoms with Crippen molar-refractivity contribution in [2.75, 3.05) is 6.54 Å². The van der Waals surface area contributed by atoms with Gasteiger partial charge in [0.05, 0.1) is 4.92 Å². The molecule has 0 saturated heterocycles. The first-order chi connectivity index (χ1) is 9.99. The number of aromatic nitrogens is 1. The van der Waals surface area contributed by atoms with Gasteiger partial charge in [0, 0.05) is 12.7 Å². The lowest BCUT2D eigenvalue weighted by atomic mass is 9.83. The van der Waals surface area contributed by atoms with Crippen molar-refractivity contribution >= 4 is 23.2 Å². The van der Waals surface area contributed by atoms with Gasteiger partial charge in [-0.05, 0) is 30.7 Å². The minimum atomic E-state index is -0.674. The molecular formula is C14H18ClN3O3. The van der Waals surface area contributed by atoms with E-state index in [0.29, 0.717) is 12.5 Å². The third-order valence-electron chi connectivity index (χ3n) is 3.99. The van der Waals surface area contributed by atoms with Crippen molar-refractivity contribution in [3.05, 3.63) is 33.1 Å². The smallest absolute Gasteiger partial charge is 0.319 e. The van der Waals surface area contributed by atoms with Gasteiger partial charge >= 0.3 is 5.69 Å². The summed E-state index contributed by atoms with van der Waals surface area (Å²) in [5.41, 5.74) is -0.474. The monoisotopic (exact) mass is 311 g/mol. The highest BCUT2D eigenvalue weighted by molar-refractivity contribution is 6.32. The zero-order valence-electron chi connectivity index (χ0n) is 11.8. The predicted molar refractivity (Wildman–Crippen MR) is 79.4 cm³/mol. The van der Waals surface area contributed by atoms with Gasteiger partial charge in [0.1, 0.15) is 5.56 Å². The van der Waals surface area contributed by atoms with Crippen LogP contribution in [-0.2, 0) is 0 Å². The van der Waals surface area contributed by atoms with Crippen LogP contribution >= 0.6 is 11.6 Å². The highest BCUT2D eigenvalue weighted by atomic mass is 35.5. The van der Waals surface area contributed by atoms with Crippen molar-refractivity contribution < 1.29 is 9.72 Å². The van der Waals surface area contributed by atoms with Gasteiger partial charge in [0.25, 0.3) is 5.91 Å². The second-order valence-electron chi connectivity index (χ2n) is 5.59. The number of carbonyl (C=O) groups is 1. The third-order valence-corrected chi connectivity index (χ3v) is 4.27. The Labute approximate surface area is 128 Å². The molecule has 1 saturated carbocycles. The summed E-state index contributed by atoms with van der Waals surface area (Å²) in [7, 11) is 0. The molecule has 7 heteroatoms. The van der Waals surface area contributed by atoms with E-state index in [1.807, 2.05) is 0 Å². The first-order valence-corrected chi connectivity index (χ1v) is 7.44. The number of pyridine rings is 1. The van der Waals surface area contributed by atoms with E-state index < -0.39 is 16.5 Å². The number of carbonyl (C=O) groups excluding carboxylic acids is 1. The molecule has 0 radical (unpaired) electrons. The summed E-state index contributed by atoms with van der Waals surface area (Å²) in [6.45, 7) is 2.78. The minimum Gasteiger partial charge on any atom is -0.352 e. The van der Waals surface area contributed by atoms with E-state index in [4.69, 9.17) is 11.6 Å². The number of rotatable bonds is 4. The summed E-state index contributed by atoms with van der Waals surface area (Å²) in [5, 5.41) is 13.5. The highest BCUT2D eigenvalue weighted by Crippen LogP contribution is 2.28. The van der Waals surface area contributed by atoms with Crippen molar-refractivity contribution in [3.63, 3.8) is 0 Å². The molecule has 0 spiro atoms. The Morgan fingerprint density at radius 1 is 1.48 bits per heavy atom. The molecule has 0 atom stereocenters. The SMILES string of the molecule is CC1CCC(CNC(=O)c2ccnc(Cl)c2[N+](=O)[O-])CC1. The van der Waals surface area contributed by atoms with Gasteiger partial charge < -0.3 is 5.32 Å². The summed E-state index contributed by atoms with van der Waals surface area (Å²) in [6.07, 6.45) is 5.80.